The molecule has 0 saturated heterocycles. The minimum absolute atomic E-state index is 0.0606. The molecule has 0 aromatic heterocycles. The van der Waals surface area contributed by atoms with Crippen molar-refractivity contribution in [1.82, 2.24) is 0 Å². The Morgan fingerprint density at radius 1 is 1.10 bits per heavy atom. The Hall–Kier alpha value is -1.72. The molecule has 1 atom stereocenters. The smallest absolute Gasteiger partial charge is 0.387 e. The van der Waals surface area contributed by atoms with Gasteiger partial charge in [-0.05, 0) is 29.8 Å². The maximum atomic E-state index is 12.6. The highest BCUT2D eigenvalue weighted by atomic mass is 35.5. The molecule has 112 valence electrons. The van der Waals surface area contributed by atoms with Gasteiger partial charge in [-0.2, -0.15) is 13.2 Å². The molecule has 0 aliphatic rings. The van der Waals surface area contributed by atoms with Gasteiger partial charge in [0.15, 0.2) is 0 Å². The lowest BCUT2D eigenvalue weighted by atomic mass is 10.1. The summed E-state index contributed by atoms with van der Waals surface area (Å²) in [5.41, 5.74) is 0.0337. The molecule has 1 unspecified atom stereocenters. The number of anilines is 1. The largest absolute Gasteiger partial charge is 0.416 e. The third kappa shape index (κ3) is 4.12. The van der Waals surface area contributed by atoms with Crippen LogP contribution in [0.4, 0.5) is 18.9 Å². The van der Waals surface area contributed by atoms with Crippen LogP contribution < -0.4 is 5.32 Å². The molecule has 0 aliphatic heterocycles. The molecule has 2 N–H and O–H groups in total. The lowest BCUT2D eigenvalue weighted by molar-refractivity contribution is -0.137. The maximum absolute atomic E-state index is 12.6. The SMILES string of the molecule is OC(CNc1ccccc1Cl)c1cccc(C(F)(F)F)c1. The van der Waals surface area contributed by atoms with Gasteiger partial charge in [0.2, 0.25) is 0 Å². The van der Waals surface area contributed by atoms with Gasteiger partial charge in [-0.1, -0.05) is 35.9 Å². The number of alkyl halides is 3. The number of aliphatic hydroxyl groups is 1. The molecule has 2 nitrogen and oxygen atoms in total. The highest BCUT2D eigenvalue weighted by molar-refractivity contribution is 6.33. The van der Waals surface area contributed by atoms with E-state index in [1.165, 1.54) is 12.1 Å². The van der Waals surface area contributed by atoms with Crippen molar-refractivity contribution in [3.8, 4) is 0 Å². The summed E-state index contributed by atoms with van der Waals surface area (Å²) >= 11 is 5.95. The second-order valence-electron chi connectivity index (χ2n) is 4.50. The van der Waals surface area contributed by atoms with Gasteiger partial charge in [0.1, 0.15) is 0 Å². The average molecular weight is 316 g/mol. The van der Waals surface area contributed by atoms with Crippen molar-refractivity contribution < 1.29 is 18.3 Å². The lowest BCUT2D eigenvalue weighted by Gasteiger charge is -2.15. The Labute approximate surface area is 125 Å². The highest BCUT2D eigenvalue weighted by Gasteiger charge is 2.30. The summed E-state index contributed by atoms with van der Waals surface area (Å²) in [4.78, 5) is 0. The standard InChI is InChI=1S/C15H13ClF3NO/c16-12-6-1-2-7-13(12)20-9-14(21)10-4-3-5-11(8-10)15(17,18)19/h1-8,14,20-21H,9H2. The van der Waals surface area contributed by atoms with Crippen LogP contribution in [0.2, 0.25) is 5.02 Å². The average Bonchev–Trinajstić information content (AvgIpc) is 2.45. The number of para-hydroxylation sites is 1. The first kappa shape index (κ1) is 15.7. The fourth-order valence-corrected chi connectivity index (χ4v) is 2.05. The molecule has 0 aliphatic carbocycles. The van der Waals surface area contributed by atoms with Crippen molar-refractivity contribution in [2.24, 2.45) is 0 Å². The molecule has 2 aromatic rings. The van der Waals surface area contributed by atoms with E-state index >= 15 is 0 Å². The molecule has 0 radical (unpaired) electrons. The van der Waals surface area contributed by atoms with E-state index in [0.717, 1.165) is 12.1 Å². The second-order valence-corrected chi connectivity index (χ2v) is 4.91. The van der Waals surface area contributed by atoms with Crippen LogP contribution in [0.1, 0.15) is 17.2 Å². The number of rotatable bonds is 4. The summed E-state index contributed by atoms with van der Waals surface area (Å²) in [5, 5.41) is 13.4. The zero-order valence-electron chi connectivity index (χ0n) is 10.9. The first-order valence-electron chi connectivity index (χ1n) is 6.21. The van der Waals surface area contributed by atoms with Crippen LogP contribution >= 0.6 is 11.6 Å². The van der Waals surface area contributed by atoms with Crippen LogP contribution in [0.5, 0.6) is 0 Å². The topological polar surface area (TPSA) is 32.3 Å². The maximum Gasteiger partial charge on any atom is 0.416 e. The Morgan fingerprint density at radius 2 is 1.81 bits per heavy atom. The van der Waals surface area contributed by atoms with Gasteiger partial charge in [0, 0.05) is 6.54 Å². The molecule has 0 spiro atoms. The molecular weight excluding hydrogens is 303 g/mol. The van der Waals surface area contributed by atoms with Crippen LogP contribution in [-0.4, -0.2) is 11.7 Å². The summed E-state index contributed by atoms with van der Waals surface area (Å²) in [5.74, 6) is 0. The molecule has 0 saturated carbocycles. The highest BCUT2D eigenvalue weighted by Crippen LogP contribution is 2.31. The predicted molar refractivity (Wildman–Crippen MR) is 76.3 cm³/mol. The van der Waals surface area contributed by atoms with Gasteiger partial charge in [0.25, 0.3) is 0 Å². The third-order valence-electron chi connectivity index (χ3n) is 2.96. The van der Waals surface area contributed by atoms with E-state index in [9.17, 15) is 18.3 Å². The summed E-state index contributed by atoms with van der Waals surface area (Å²) in [7, 11) is 0. The molecule has 2 rings (SSSR count). The van der Waals surface area contributed by atoms with E-state index in [0.29, 0.717) is 10.7 Å². The second kappa shape index (κ2) is 6.37. The van der Waals surface area contributed by atoms with Crippen molar-refractivity contribution in [1.29, 1.82) is 0 Å². The molecule has 0 bridgehead atoms. The zero-order chi connectivity index (χ0) is 15.5. The first-order valence-corrected chi connectivity index (χ1v) is 6.59. The van der Waals surface area contributed by atoms with Crippen LogP contribution in [0.25, 0.3) is 0 Å². The Bertz CT molecular complexity index is 616. The third-order valence-corrected chi connectivity index (χ3v) is 3.29. The van der Waals surface area contributed by atoms with Crippen molar-refractivity contribution in [3.63, 3.8) is 0 Å². The van der Waals surface area contributed by atoms with E-state index in [1.807, 2.05) is 0 Å². The van der Waals surface area contributed by atoms with Crippen molar-refractivity contribution >= 4 is 17.3 Å². The van der Waals surface area contributed by atoms with Crippen LogP contribution in [0.3, 0.4) is 0 Å². The molecule has 21 heavy (non-hydrogen) atoms. The fourth-order valence-electron chi connectivity index (χ4n) is 1.85. The number of nitrogens with one attached hydrogen (secondary N) is 1. The normalized spacial score (nSPS) is 13.0. The molecule has 6 heteroatoms. The van der Waals surface area contributed by atoms with Gasteiger partial charge >= 0.3 is 6.18 Å². The van der Waals surface area contributed by atoms with E-state index in [4.69, 9.17) is 11.6 Å². The summed E-state index contributed by atoms with van der Waals surface area (Å²) in [6.45, 7) is 0.0606. The van der Waals surface area contributed by atoms with Gasteiger partial charge in [0.05, 0.1) is 22.4 Å². The molecule has 0 heterocycles. The number of benzene rings is 2. The van der Waals surface area contributed by atoms with Gasteiger partial charge < -0.3 is 10.4 Å². The Morgan fingerprint density at radius 3 is 2.48 bits per heavy atom. The summed E-state index contributed by atoms with van der Waals surface area (Å²) in [6, 6.07) is 11.6. The summed E-state index contributed by atoms with van der Waals surface area (Å²) in [6.07, 6.45) is -5.49. The monoisotopic (exact) mass is 315 g/mol. The van der Waals surface area contributed by atoms with Gasteiger partial charge in [-0.3, -0.25) is 0 Å². The quantitative estimate of drug-likeness (QED) is 0.870. The Kier molecular flexibility index (Phi) is 4.75. The minimum atomic E-state index is -4.42. The molecular formula is C15H13ClF3NO. The lowest BCUT2D eigenvalue weighted by Crippen LogP contribution is -2.13. The van der Waals surface area contributed by atoms with Gasteiger partial charge in [-0.25, -0.2) is 0 Å². The number of halogens is 4. The summed E-state index contributed by atoms with van der Waals surface area (Å²) < 4.78 is 37.9. The number of aliphatic hydroxyl groups excluding tert-OH is 1. The van der Waals surface area contributed by atoms with Crippen LogP contribution in [-0.2, 0) is 6.18 Å². The number of hydrogen-bond acceptors (Lipinski definition) is 2. The van der Waals surface area contributed by atoms with Crippen molar-refractivity contribution in [2.45, 2.75) is 12.3 Å². The molecule has 0 fully saturated rings. The zero-order valence-corrected chi connectivity index (χ0v) is 11.6. The van der Waals surface area contributed by atoms with E-state index in [2.05, 4.69) is 5.32 Å². The predicted octanol–water partition coefficient (Wildman–Crippen LogP) is 4.50. The molecule has 2 aromatic carbocycles. The fraction of sp³-hybridized carbons (Fsp3) is 0.200. The van der Waals surface area contributed by atoms with Crippen molar-refractivity contribution in [3.05, 3.63) is 64.7 Å². The van der Waals surface area contributed by atoms with E-state index < -0.39 is 17.8 Å². The van der Waals surface area contributed by atoms with E-state index in [-0.39, 0.29) is 12.1 Å². The van der Waals surface area contributed by atoms with Crippen molar-refractivity contribution in [2.75, 3.05) is 11.9 Å². The minimum Gasteiger partial charge on any atom is -0.387 e. The van der Waals surface area contributed by atoms with Gasteiger partial charge in [-0.15, -0.1) is 0 Å². The van der Waals surface area contributed by atoms with Crippen LogP contribution in [0, 0.1) is 0 Å². The van der Waals surface area contributed by atoms with Crippen LogP contribution in [0.15, 0.2) is 48.5 Å². The number of hydrogen-bond donors (Lipinski definition) is 2. The Balaban J connectivity index is 2.07. The van der Waals surface area contributed by atoms with E-state index in [1.54, 1.807) is 24.3 Å². The molecule has 0 amide bonds. The first-order chi connectivity index (χ1) is 9.88.